The minimum atomic E-state index is -0.292. The lowest BCUT2D eigenvalue weighted by Crippen LogP contribution is -2.03. The molecular weight excluding hydrogens is 308 g/mol. The van der Waals surface area contributed by atoms with Crippen LogP contribution < -0.4 is 0 Å². The third-order valence-corrected chi connectivity index (χ3v) is 4.56. The van der Waals surface area contributed by atoms with Crippen LogP contribution >= 0.6 is 11.6 Å². The number of halogens is 1. The van der Waals surface area contributed by atoms with Crippen LogP contribution in [0, 0.1) is 12.5 Å². The van der Waals surface area contributed by atoms with E-state index in [1.165, 1.54) is 38.5 Å². The Hall–Kier alpha value is -1.02. The topological polar surface area (TPSA) is 26.3 Å². The summed E-state index contributed by atoms with van der Waals surface area (Å²) in [6.45, 7) is 6.22. The van der Waals surface area contributed by atoms with Gasteiger partial charge in [0.25, 0.3) is 0 Å². The van der Waals surface area contributed by atoms with Crippen molar-refractivity contribution in [2.24, 2.45) is 5.92 Å². The van der Waals surface area contributed by atoms with Gasteiger partial charge in [0.15, 0.2) is 0 Å². The first-order valence-electron chi connectivity index (χ1n) is 8.85. The minimum absolute atomic E-state index is 0.292. The van der Waals surface area contributed by atoms with Gasteiger partial charge in [0.1, 0.15) is 6.61 Å². The lowest BCUT2D eigenvalue weighted by molar-refractivity contribution is 0.0597. The molecule has 3 heteroatoms. The van der Waals surface area contributed by atoms with Gasteiger partial charge in [-0.25, -0.2) is 4.79 Å². The second-order valence-electron chi connectivity index (χ2n) is 6.26. The fraction of sp³-hybridized carbons (Fsp3) is 0.600. The molecule has 1 aromatic carbocycles. The van der Waals surface area contributed by atoms with E-state index in [9.17, 15) is 4.79 Å². The number of alkyl halides is 1. The highest BCUT2D eigenvalue weighted by molar-refractivity contribution is 6.17. The summed E-state index contributed by atoms with van der Waals surface area (Å²) in [5.74, 6) is 1.03. The van der Waals surface area contributed by atoms with E-state index in [0.717, 1.165) is 24.3 Å². The number of hydrogen-bond donors (Lipinski definition) is 0. The maximum absolute atomic E-state index is 11.8. The molecule has 0 N–H and O–H groups in total. The van der Waals surface area contributed by atoms with E-state index in [0.29, 0.717) is 11.4 Å². The van der Waals surface area contributed by atoms with Crippen LogP contribution in [0.3, 0.4) is 0 Å². The highest BCUT2D eigenvalue weighted by atomic mass is 35.5. The van der Waals surface area contributed by atoms with E-state index in [1.54, 1.807) is 18.7 Å². The molecule has 0 saturated carbocycles. The summed E-state index contributed by atoms with van der Waals surface area (Å²) >= 11 is 5.72. The van der Waals surface area contributed by atoms with Gasteiger partial charge in [0.05, 0.1) is 5.56 Å². The second-order valence-corrected chi connectivity index (χ2v) is 6.53. The van der Waals surface area contributed by atoms with Crippen molar-refractivity contribution in [1.29, 1.82) is 0 Å². The SMILES string of the molecule is CCC(C)CCCCCCC[CH]OC(=O)c1ccc(CCl)cc1. The van der Waals surface area contributed by atoms with Crippen LogP contribution in [0.1, 0.15) is 81.1 Å². The number of benzene rings is 1. The predicted molar refractivity (Wildman–Crippen MR) is 97.5 cm³/mol. The fourth-order valence-corrected chi connectivity index (χ4v) is 2.57. The molecule has 0 aliphatic carbocycles. The molecule has 23 heavy (non-hydrogen) atoms. The maximum atomic E-state index is 11.8. The monoisotopic (exact) mass is 337 g/mol. The molecular formula is C20H30ClO2. The number of rotatable bonds is 12. The first kappa shape index (κ1) is 20.0. The molecule has 0 amide bonds. The molecule has 1 atom stereocenters. The number of hydrogen-bond acceptors (Lipinski definition) is 2. The summed E-state index contributed by atoms with van der Waals surface area (Å²) < 4.78 is 5.18. The number of ether oxygens (including phenoxy) is 1. The van der Waals surface area contributed by atoms with Gasteiger partial charge in [-0.1, -0.05) is 64.5 Å². The Labute approximate surface area is 146 Å². The van der Waals surface area contributed by atoms with Gasteiger partial charge in [-0.05, 0) is 36.5 Å². The van der Waals surface area contributed by atoms with Crippen LogP contribution in [-0.2, 0) is 10.6 Å². The molecule has 0 fully saturated rings. The van der Waals surface area contributed by atoms with Crippen molar-refractivity contribution in [2.45, 2.75) is 71.1 Å². The zero-order valence-corrected chi connectivity index (χ0v) is 15.3. The Morgan fingerprint density at radius 3 is 2.43 bits per heavy atom. The summed E-state index contributed by atoms with van der Waals surface area (Å²) in [5.41, 5.74) is 1.57. The van der Waals surface area contributed by atoms with Crippen molar-refractivity contribution in [1.82, 2.24) is 0 Å². The first-order chi connectivity index (χ1) is 11.2. The first-order valence-corrected chi connectivity index (χ1v) is 9.38. The average Bonchev–Trinajstić information content (AvgIpc) is 2.59. The molecule has 0 spiro atoms. The Kier molecular flexibility index (Phi) is 10.8. The molecule has 1 aromatic rings. The molecule has 0 bridgehead atoms. The molecule has 2 nitrogen and oxygen atoms in total. The quantitative estimate of drug-likeness (QED) is 0.246. The van der Waals surface area contributed by atoms with Crippen LogP contribution in [0.15, 0.2) is 24.3 Å². The van der Waals surface area contributed by atoms with Crippen LogP contribution in [0.25, 0.3) is 0 Å². The van der Waals surface area contributed by atoms with E-state index in [-0.39, 0.29) is 5.97 Å². The molecule has 0 aliphatic rings. The van der Waals surface area contributed by atoms with E-state index < -0.39 is 0 Å². The van der Waals surface area contributed by atoms with Crippen LogP contribution in [0.5, 0.6) is 0 Å². The lowest BCUT2D eigenvalue weighted by atomic mass is 10.00. The van der Waals surface area contributed by atoms with Gasteiger partial charge in [0, 0.05) is 5.88 Å². The van der Waals surface area contributed by atoms with E-state index in [4.69, 9.17) is 16.3 Å². The van der Waals surface area contributed by atoms with Crippen molar-refractivity contribution in [2.75, 3.05) is 0 Å². The van der Waals surface area contributed by atoms with E-state index in [1.807, 2.05) is 12.1 Å². The number of carbonyl (C=O) groups is 1. The smallest absolute Gasteiger partial charge is 0.338 e. The normalized spacial score (nSPS) is 12.1. The zero-order valence-electron chi connectivity index (χ0n) is 14.5. The molecule has 0 aromatic heterocycles. The van der Waals surface area contributed by atoms with Crippen LogP contribution in [0.4, 0.5) is 0 Å². The third kappa shape index (κ3) is 9.00. The summed E-state index contributed by atoms with van der Waals surface area (Å²) in [6, 6.07) is 7.21. The number of unbranched alkanes of at least 4 members (excludes halogenated alkanes) is 5. The van der Waals surface area contributed by atoms with Gasteiger partial charge in [-0.15, -0.1) is 11.6 Å². The lowest BCUT2D eigenvalue weighted by Gasteiger charge is -2.07. The number of esters is 1. The highest BCUT2D eigenvalue weighted by Gasteiger charge is 2.06. The Balaban J connectivity index is 2.01. The maximum Gasteiger partial charge on any atom is 0.338 e. The highest BCUT2D eigenvalue weighted by Crippen LogP contribution is 2.15. The van der Waals surface area contributed by atoms with Crippen molar-refractivity contribution in [3.8, 4) is 0 Å². The molecule has 1 radical (unpaired) electrons. The molecule has 0 aliphatic heterocycles. The van der Waals surface area contributed by atoms with Gasteiger partial charge in [-0.2, -0.15) is 0 Å². The van der Waals surface area contributed by atoms with Gasteiger partial charge in [0.2, 0.25) is 0 Å². The number of carbonyl (C=O) groups excluding carboxylic acids is 1. The van der Waals surface area contributed by atoms with Crippen molar-refractivity contribution < 1.29 is 9.53 Å². The Morgan fingerprint density at radius 1 is 1.13 bits per heavy atom. The summed E-state index contributed by atoms with van der Waals surface area (Å²) in [4.78, 5) is 11.8. The van der Waals surface area contributed by atoms with Gasteiger partial charge in [-0.3, -0.25) is 0 Å². The van der Waals surface area contributed by atoms with E-state index in [2.05, 4.69) is 13.8 Å². The molecule has 1 rings (SSSR count). The second kappa shape index (κ2) is 12.4. The largest absolute Gasteiger partial charge is 0.455 e. The summed E-state index contributed by atoms with van der Waals surface area (Å²) in [7, 11) is 0. The third-order valence-electron chi connectivity index (χ3n) is 4.25. The average molecular weight is 338 g/mol. The van der Waals surface area contributed by atoms with Crippen LogP contribution in [0.2, 0.25) is 0 Å². The fourth-order valence-electron chi connectivity index (χ4n) is 2.39. The molecule has 0 saturated heterocycles. The van der Waals surface area contributed by atoms with Crippen molar-refractivity contribution in [3.63, 3.8) is 0 Å². The van der Waals surface area contributed by atoms with Crippen molar-refractivity contribution >= 4 is 17.6 Å². The van der Waals surface area contributed by atoms with Gasteiger partial charge < -0.3 is 4.74 Å². The van der Waals surface area contributed by atoms with E-state index >= 15 is 0 Å². The molecule has 1 unspecified atom stereocenters. The standard InChI is InChI=1S/C20H30ClO2/c1-3-17(2)10-8-6-4-5-7-9-15-23-20(22)19-13-11-18(16-21)12-14-19/h11-15,17H,3-10,16H2,1-2H3. The summed E-state index contributed by atoms with van der Waals surface area (Å²) in [6.07, 6.45) is 9.69. The summed E-state index contributed by atoms with van der Waals surface area (Å²) in [5, 5.41) is 0. The predicted octanol–water partition coefficient (Wildman–Crippen LogP) is 6.52. The van der Waals surface area contributed by atoms with Crippen molar-refractivity contribution in [3.05, 3.63) is 42.0 Å². The van der Waals surface area contributed by atoms with Gasteiger partial charge >= 0.3 is 5.97 Å². The molecule has 129 valence electrons. The molecule has 0 heterocycles. The minimum Gasteiger partial charge on any atom is -0.455 e. The Morgan fingerprint density at radius 2 is 1.78 bits per heavy atom. The van der Waals surface area contributed by atoms with Crippen LogP contribution in [-0.4, -0.2) is 5.97 Å². The zero-order chi connectivity index (χ0) is 16.9. The Bertz CT molecular complexity index is 428.